The first kappa shape index (κ1) is 18.3. The Morgan fingerprint density at radius 3 is 2.58 bits per heavy atom. The van der Waals surface area contributed by atoms with Gasteiger partial charge in [0.05, 0.1) is 6.10 Å². The molecule has 1 fully saturated rings. The molecular weight excluding hydrogens is 310 g/mol. The number of ether oxygens (including phenoxy) is 3. The number of carbonyl (C=O) groups is 2. The number of likely N-dealkylation sites (N-methyl/N-ethyl adjacent to an activating group) is 1. The molecule has 1 amide bonds. The van der Waals surface area contributed by atoms with Crippen molar-refractivity contribution in [2.45, 2.75) is 44.5 Å². The number of benzene rings is 1. The van der Waals surface area contributed by atoms with Crippen LogP contribution in [0.2, 0.25) is 0 Å². The van der Waals surface area contributed by atoms with E-state index in [1.807, 2.05) is 30.3 Å². The molecule has 2 atom stereocenters. The molecule has 0 saturated heterocycles. The van der Waals surface area contributed by atoms with Crippen molar-refractivity contribution >= 4 is 12.1 Å². The van der Waals surface area contributed by atoms with E-state index in [0.717, 1.165) is 24.8 Å². The summed E-state index contributed by atoms with van der Waals surface area (Å²) in [7, 11) is 3.19. The second kappa shape index (κ2) is 9.27. The third-order valence-electron chi connectivity index (χ3n) is 4.09. The lowest BCUT2D eigenvalue weighted by Gasteiger charge is -2.28. The average Bonchev–Trinajstić information content (AvgIpc) is 2.60. The van der Waals surface area contributed by atoms with Gasteiger partial charge < -0.3 is 19.1 Å². The van der Waals surface area contributed by atoms with Crippen LogP contribution in [0.15, 0.2) is 30.3 Å². The third kappa shape index (κ3) is 5.85. The standard InChI is InChI=1S/C18H25NO5/c1-19(18(21)23-13-14-7-4-3-5-8-14)12-17(20)24-16-10-6-9-15(11-16)22-2/h3-5,7-8,15-16H,6,9-13H2,1-2H3/t15-,16+/m1/s1. The van der Waals surface area contributed by atoms with E-state index in [0.29, 0.717) is 6.42 Å². The Morgan fingerprint density at radius 2 is 1.88 bits per heavy atom. The molecule has 132 valence electrons. The van der Waals surface area contributed by atoms with Gasteiger partial charge in [-0.1, -0.05) is 30.3 Å². The topological polar surface area (TPSA) is 65.1 Å². The van der Waals surface area contributed by atoms with Crippen molar-refractivity contribution in [3.63, 3.8) is 0 Å². The van der Waals surface area contributed by atoms with Gasteiger partial charge in [-0.25, -0.2) is 4.79 Å². The first-order chi connectivity index (χ1) is 11.6. The fraction of sp³-hybridized carbons (Fsp3) is 0.556. The number of carbonyl (C=O) groups excluding carboxylic acids is 2. The lowest BCUT2D eigenvalue weighted by Crippen LogP contribution is -2.36. The average molecular weight is 335 g/mol. The zero-order chi connectivity index (χ0) is 17.4. The fourth-order valence-corrected chi connectivity index (χ4v) is 2.73. The fourth-order valence-electron chi connectivity index (χ4n) is 2.73. The van der Waals surface area contributed by atoms with Gasteiger partial charge in [0.25, 0.3) is 0 Å². The van der Waals surface area contributed by atoms with Crippen LogP contribution < -0.4 is 0 Å². The zero-order valence-corrected chi connectivity index (χ0v) is 14.3. The molecule has 24 heavy (non-hydrogen) atoms. The van der Waals surface area contributed by atoms with E-state index in [9.17, 15) is 9.59 Å². The van der Waals surface area contributed by atoms with Crippen LogP contribution >= 0.6 is 0 Å². The molecular formula is C18H25NO5. The van der Waals surface area contributed by atoms with Gasteiger partial charge in [0.2, 0.25) is 0 Å². The van der Waals surface area contributed by atoms with Crippen molar-refractivity contribution in [2.24, 2.45) is 0 Å². The maximum atomic E-state index is 12.0. The molecule has 0 spiro atoms. The Bertz CT molecular complexity index is 533. The molecule has 0 bridgehead atoms. The van der Waals surface area contributed by atoms with Gasteiger partial charge in [-0.15, -0.1) is 0 Å². The van der Waals surface area contributed by atoms with Gasteiger partial charge in [0.15, 0.2) is 0 Å². The van der Waals surface area contributed by atoms with E-state index in [-0.39, 0.29) is 25.4 Å². The van der Waals surface area contributed by atoms with Crippen LogP contribution in [0.4, 0.5) is 4.79 Å². The molecule has 1 aromatic rings. The summed E-state index contributed by atoms with van der Waals surface area (Å²) >= 11 is 0. The normalized spacial score (nSPS) is 20.2. The van der Waals surface area contributed by atoms with E-state index in [1.165, 1.54) is 11.9 Å². The summed E-state index contributed by atoms with van der Waals surface area (Å²) in [5.74, 6) is -0.420. The molecule has 0 aliphatic heterocycles. The van der Waals surface area contributed by atoms with E-state index in [2.05, 4.69) is 0 Å². The number of rotatable bonds is 6. The van der Waals surface area contributed by atoms with Crippen molar-refractivity contribution in [3.05, 3.63) is 35.9 Å². The Morgan fingerprint density at radius 1 is 1.17 bits per heavy atom. The molecule has 0 N–H and O–H groups in total. The molecule has 1 aromatic carbocycles. The highest BCUT2D eigenvalue weighted by molar-refractivity contribution is 5.77. The van der Waals surface area contributed by atoms with Crippen LogP contribution in [-0.4, -0.2) is 49.9 Å². The maximum absolute atomic E-state index is 12.0. The maximum Gasteiger partial charge on any atom is 0.410 e. The minimum atomic E-state index is -0.547. The molecule has 0 radical (unpaired) electrons. The Hall–Kier alpha value is -2.08. The van der Waals surface area contributed by atoms with Crippen LogP contribution in [0, 0.1) is 0 Å². The summed E-state index contributed by atoms with van der Waals surface area (Å²) in [6.45, 7) is 0.0545. The van der Waals surface area contributed by atoms with Crippen LogP contribution in [-0.2, 0) is 25.6 Å². The molecule has 0 unspecified atom stereocenters. The first-order valence-electron chi connectivity index (χ1n) is 8.22. The van der Waals surface area contributed by atoms with E-state index in [4.69, 9.17) is 14.2 Å². The van der Waals surface area contributed by atoms with E-state index < -0.39 is 12.1 Å². The predicted octanol–water partition coefficient (Wildman–Crippen LogP) is 2.76. The molecule has 0 aromatic heterocycles. The lowest BCUT2D eigenvalue weighted by atomic mass is 9.95. The Labute approximate surface area is 142 Å². The van der Waals surface area contributed by atoms with E-state index >= 15 is 0 Å². The SMILES string of the molecule is CO[C@@H]1CCC[C@H](OC(=O)CN(C)C(=O)OCc2ccccc2)C1. The van der Waals surface area contributed by atoms with Gasteiger partial charge >= 0.3 is 12.1 Å². The minimum absolute atomic E-state index is 0.123. The number of methoxy groups -OCH3 is 1. The summed E-state index contributed by atoms with van der Waals surface area (Å²) in [5.41, 5.74) is 0.898. The monoisotopic (exact) mass is 335 g/mol. The number of amides is 1. The summed E-state index contributed by atoms with van der Waals surface area (Å²) in [6, 6.07) is 9.39. The Balaban J connectivity index is 1.71. The van der Waals surface area contributed by atoms with Crippen molar-refractivity contribution in [1.82, 2.24) is 4.90 Å². The van der Waals surface area contributed by atoms with Gasteiger partial charge in [-0.3, -0.25) is 4.79 Å². The Kier molecular flexibility index (Phi) is 7.06. The van der Waals surface area contributed by atoms with Crippen LogP contribution in [0.25, 0.3) is 0 Å². The number of esters is 1. The minimum Gasteiger partial charge on any atom is -0.461 e. The third-order valence-corrected chi connectivity index (χ3v) is 4.09. The van der Waals surface area contributed by atoms with Gasteiger partial charge in [-0.2, -0.15) is 0 Å². The van der Waals surface area contributed by atoms with Crippen LogP contribution in [0.1, 0.15) is 31.2 Å². The number of hydrogen-bond donors (Lipinski definition) is 0. The van der Waals surface area contributed by atoms with Crippen molar-refractivity contribution in [1.29, 1.82) is 0 Å². The van der Waals surface area contributed by atoms with Crippen LogP contribution in [0.3, 0.4) is 0 Å². The largest absolute Gasteiger partial charge is 0.461 e. The first-order valence-corrected chi connectivity index (χ1v) is 8.22. The van der Waals surface area contributed by atoms with Crippen molar-refractivity contribution < 1.29 is 23.8 Å². The highest BCUT2D eigenvalue weighted by Gasteiger charge is 2.25. The molecule has 0 heterocycles. The van der Waals surface area contributed by atoms with E-state index in [1.54, 1.807) is 7.11 Å². The molecule has 1 aliphatic carbocycles. The highest BCUT2D eigenvalue weighted by atomic mass is 16.6. The van der Waals surface area contributed by atoms with Gasteiger partial charge in [-0.05, 0) is 24.8 Å². The van der Waals surface area contributed by atoms with Crippen molar-refractivity contribution in [3.8, 4) is 0 Å². The zero-order valence-electron chi connectivity index (χ0n) is 14.3. The molecule has 6 nitrogen and oxygen atoms in total. The van der Waals surface area contributed by atoms with Gasteiger partial charge in [0, 0.05) is 20.6 Å². The van der Waals surface area contributed by atoms with Crippen LogP contribution in [0.5, 0.6) is 0 Å². The smallest absolute Gasteiger partial charge is 0.410 e. The molecule has 2 rings (SSSR count). The lowest BCUT2D eigenvalue weighted by molar-refractivity contribution is -0.153. The van der Waals surface area contributed by atoms with Crippen molar-refractivity contribution in [2.75, 3.05) is 20.7 Å². The highest BCUT2D eigenvalue weighted by Crippen LogP contribution is 2.23. The molecule has 1 saturated carbocycles. The summed E-state index contributed by atoms with van der Waals surface area (Å²) < 4.78 is 15.9. The summed E-state index contributed by atoms with van der Waals surface area (Å²) in [4.78, 5) is 25.1. The molecule has 6 heteroatoms. The predicted molar refractivity (Wildman–Crippen MR) is 88.4 cm³/mol. The number of nitrogens with zero attached hydrogens (tertiary/aromatic N) is 1. The second-order valence-electron chi connectivity index (χ2n) is 6.03. The number of hydrogen-bond acceptors (Lipinski definition) is 5. The summed E-state index contributed by atoms with van der Waals surface area (Å²) in [6.07, 6.45) is 2.99. The summed E-state index contributed by atoms with van der Waals surface area (Å²) in [5, 5.41) is 0. The quantitative estimate of drug-likeness (QED) is 0.748. The molecule has 1 aliphatic rings. The second-order valence-corrected chi connectivity index (χ2v) is 6.03. The van der Waals surface area contributed by atoms with Gasteiger partial charge in [0.1, 0.15) is 19.3 Å².